The van der Waals surface area contributed by atoms with E-state index in [1.165, 1.54) is 30.0 Å². The fourth-order valence-corrected chi connectivity index (χ4v) is 5.51. The first-order valence-electron chi connectivity index (χ1n) is 11.2. The number of pyridine rings is 1. The van der Waals surface area contributed by atoms with E-state index in [-0.39, 0.29) is 15.3 Å². The van der Waals surface area contributed by atoms with E-state index < -0.39 is 0 Å². The maximum atomic E-state index is 13.7. The van der Waals surface area contributed by atoms with Gasteiger partial charge in [-0.1, -0.05) is 73.4 Å². The molecule has 31 heavy (non-hydrogen) atoms. The first-order valence-corrected chi connectivity index (χ1v) is 13.5. The third kappa shape index (κ3) is 8.40. The number of halogens is 2. The number of thioether (sulfide) groups is 1. The number of carbonyl (C=O) groups excluding carboxylic acids is 1. The van der Waals surface area contributed by atoms with Gasteiger partial charge in [0, 0.05) is 23.8 Å². The predicted octanol–water partition coefficient (Wildman–Crippen LogP) is 6.74. The van der Waals surface area contributed by atoms with Crippen LogP contribution in [0.25, 0.3) is 10.9 Å². The summed E-state index contributed by atoms with van der Waals surface area (Å²) in [6.45, 7) is 5.05. The Morgan fingerprint density at radius 3 is 2.55 bits per heavy atom. The number of rotatable bonds is 14. The lowest BCUT2D eigenvalue weighted by molar-refractivity contribution is -0.110. The molecule has 0 spiro atoms. The monoisotopic (exact) mass is 561 g/mol. The van der Waals surface area contributed by atoms with Crippen LogP contribution in [-0.2, 0) is 11.3 Å². The summed E-state index contributed by atoms with van der Waals surface area (Å²) in [6, 6.07) is 5.91. The Labute approximate surface area is 202 Å². The van der Waals surface area contributed by atoms with Crippen LogP contribution < -0.4 is 10.3 Å². The van der Waals surface area contributed by atoms with Crippen LogP contribution in [0.2, 0.25) is 0 Å². The average molecular weight is 562 g/mol. The van der Waals surface area contributed by atoms with Gasteiger partial charge in [0.05, 0.1) is 16.0 Å². The van der Waals surface area contributed by atoms with Gasteiger partial charge < -0.3 is 9.30 Å². The minimum atomic E-state index is -0.335. The van der Waals surface area contributed by atoms with Crippen LogP contribution in [0.3, 0.4) is 0 Å². The minimum Gasteiger partial charge on any atom is -0.493 e. The minimum absolute atomic E-state index is 0.128. The molecule has 1 heterocycles. The van der Waals surface area contributed by atoms with Crippen molar-refractivity contribution in [1.82, 2.24) is 4.57 Å². The maximum absolute atomic E-state index is 13.7. The molecule has 1 atom stereocenters. The van der Waals surface area contributed by atoms with Crippen molar-refractivity contribution in [2.75, 3.05) is 12.4 Å². The summed E-state index contributed by atoms with van der Waals surface area (Å²) in [5, 5.41) is 0.958. The van der Waals surface area contributed by atoms with Gasteiger partial charge in [-0.05, 0) is 44.4 Å². The van der Waals surface area contributed by atoms with Gasteiger partial charge in [-0.25, -0.2) is 4.39 Å². The summed E-state index contributed by atoms with van der Waals surface area (Å²) in [4.78, 5) is 24.2. The Morgan fingerprint density at radius 1 is 1.13 bits per heavy atom. The van der Waals surface area contributed by atoms with Crippen LogP contribution in [0.1, 0.15) is 65.2 Å². The molecule has 0 aliphatic carbocycles. The number of carbonyl (C=O) groups is 1. The second-order valence-electron chi connectivity index (χ2n) is 7.65. The van der Waals surface area contributed by atoms with Crippen molar-refractivity contribution in [3.63, 3.8) is 0 Å². The number of unbranched alkanes of at least 4 members (excludes halogenated alkanes) is 5. The largest absolute Gasteiger partial charge is 0.493 e. The third-order valence-electron chi connectivity index (χ3n) is 5.19. The average Bonchev–Trinajstić information content (AvgIpc) is 2.75. The summed E-state index contributed by atoms with van der Waals surface area (Å²) < 4.78 is 21.3. The molecule has 0 aliphatic rings. The summed E-state index contributed by atoms with van der Waals surface area (Å²) >= 11 is 3.73. The van der Waals surface area contributed by atoms with Crippen molar-refractivity contribution in [2.24, 2.45) is 0 Å². The Kier molecular flexibility index (Phi) is 11.9. The molecule has 7 heteroatoms. The van der Waals surface area contributed by atoms with E-state index in [4.69, 9.17) is 4.74 Å². The van der Waals surface area contributed by atoms with Gasteiger partial charge in [0.25, 0.3) is 5.56 Å². The van der Waals surface area contributed by atoms with Crippen molar-refractivity contribution in [1.29, 1.82) is 0 Å². The number of alkyl halides is 1. The second kappa shape index (κ2) is 14.1. The Bertz CT molecular complexity index is 902. The van der Waals surface area contributed by atoms with Crippen LogP contribution >= 0.6 is 34.4 Å². The number of nitrogens with zero attached hydrogens (tertiary/aromatic N) is 1. The number of aromatic nitrogens is 1. The highest BCUT2D eigenvalue weighted by atomic mass is 127. The van der Waals surface area contributed by atoms with Gasteiger partial charge in [-0.3, -0.25) is 9.59 Å². The van der Waals surface area contributed by atoms with E-state index in [0.29, 0.717) is 34.9 Å². The number of benzene rings is 1. The molecular weight excluding hydrogens is 528 g/mol. The summed E-state index contributed by atoms with van der Waals surface area (Å²) in [7, 11) is 0. The van der Waals surface area contributed by atoms with Gasteiger partial charge >= 0.3 is 0 Å². The number of hydrogen-bond donors (Lipinski definition) is 0. The van der Waals surface area contributed by atoms with Crippen LogP contribution in [-0.4, -0.2) is 26.0 Å². The van der Waals surface area contributed by atoms with E-state index in [0.717, 1.165) is 57.1 Å². The lowest BCUT2D eigenvalue weighted by Crippen LogP contribution is -2.19. The number of fused-ring (bicyclic) bond motifs is 1. The first kappa shape index (κ1) is 26.2. The van der Waals surface area contributed by atoms with Gasteiger partial charge in [0.1, 0.15) is 11.6 Å². The van der Waals surface area contributed by atoms with Gasteiger partial charge in [0.15, 0.2) is 0 Å². The Morgan fingerprint density at radius 2 is 1.84 bits per heavy atom. The van der Waals surface area contributed by atoms with E-state index >= 15 is 0 Å². The van der Waals surface area contributed by atoms with E-state index in [1.54, 1.807) is 10.6 Å². The molecule has 1 aromatic heterocycles. The topological polar surface area (TPSA) is 48.3 Å². The van der Waals surface area contributed by atoms with Crippen LogP contribution in [0.4, 0.5) is 4.39 Å². The molecule has 0 N–H and O–H groups in total. The van der Waals surface area contributed by atoms with Crippen molar-refractivity contribution in [2.45, 2.75) is 75.7 Å². The molecular formula is C24H33FINO3S. The molecule has 172 valence electrons. The standard InChI is InChI=1S/C24H33FINO3S/c1-3-11-20(26)24(29)31-15-10-8-6-5-7-9-14-30-22-17-23(28)27(4-2)21-13-12-18(25)16-19(21)22/h12-13,16-17,20H,3-11,14-15H2,1-2H3. The lowest BCUT2D eigenvalue weighted by atomic mass is 10.1. The fraction of sp³-hybridized carbons (Fsp3) is 0.583. The summed E-state index contributed by atoms with van der Waals surface area (Å²) in [5.41, 5.74) is 0.572. The van der Waals surface area contributed by atoms with E-state index in [1.807, 2.05) is 6.92 Å². The number of ether oxygens (including phenoxy) is 1. The zero-order chi connectivity index (χ0) is 22.6. The molecule has 0 bridgehead atoms. The van der Waals surface area contributed by atoms with Crippen LogP contribution in [0.15, 0.2) is 29.1 Å². The Balaban J connectivity index is 1.66. The molecule has 2 aromatic rings. The Hall–Kier alpha value is -1.09. The van der Waals surface area contributed by atoms with Gasteiger partial charge in [0.2, 0.25) is 5.12 Å². The zero-order valence-corrected chi connectivity index (χ0v) is 21.5. The molecule has 0 amide bonds. The van der Waals surface area contributed by atoms with Gasteiger partial charge in [-0.15, -0.1) is 0 Å². The lowest BCUT2D eigenvalue weighted by Gasteiger charge is -2.13. The summed E-state index contributed by atoms with van der Waals surface area (Å²) in [5.74, 6) is 1.04. The van der Waals surface area contributed by atoms with Gasteiger partial charge in [-0.2, -0.15) is 0 Å². The molecule has 1 aromatic carbocycles. The van der Waals surface area contributed by atoms with E-state index in [9.17, 15) is 14.0 Å². The predicted molar refractivity (Wildman–Crippen MR) is 137 cm³/mol. The smallest absolute Gasteiger partial charge is 0.254 e. The molecule has 0 radical (unpaired) electrons. The van der Waals surface area contributed by atoms with Crippen LogP contribution in [0.5, 0.6) is 5.75 Å². The quantitative estimate of drug-likeness (QED) is 0.146. The highest BCUT2D eigenvalue weighted by Crippen LogP contribution is 2.25. The molecule has 4 nitrogen and oxygen atoms in total. The SMILES string of the molecule is CCCC(I)C(=O)SCCCCCCCCOc1cc(=O)n(CC)c2ccc(F)cc12. The summed E-state index contributed by atoms with van der Waals surface area (Å²) in [6.07, 6.45) is 8.46. The molecule has 0 saturated heterocycles. The fourth-order valence-electron chi connectivity index (χ4n) is 3.50. The molecule has 0 fully saturated rings. The van der Waals surface area contributed by atoms with Crippen molar-refractivity contribution in [3.8, 4) is 5.75 Å². The van der Waals surface area contributed by atoms with Crippen molar-refractivity contribution >= 4 is 50.4 Å². The van der Waals surface area contributed by atoms with Crippen LogP contribution in [0, 0.1) is 5.82 Å². The molecule has 1 unspecified atom stereocenters. The van der Waals surface area contributed by atoms with Crippen molar-refractivity contribution in [3.05, 3.63) is 40.4 Å². The second-order valence-corrected chi connectivity index (χ2v) is 10.2. The highest BCUT2D eigenvalue weighted by molar-refractivity contribution is 14.1. The third-order valence-corrected chi connectivity index (χ3v) is 7.86. The number of aryl methyl sites for hydroxylation is 1. The first-order chi connectivity index (χ1) is 15.0. The van der Waals surface area contributed by atoms with E-state index in [2.05, 4.69) is 29.5 Å². The molecule has 0 aliphatic heterocycles. The van der Waals surface area contributed by atoms with Crippen molar-refractivity contribution < 1.29 is 13.9 Å². The normalized spacial score (nSPS) is 12.3. The molecule has 2 rings (SSSR count). The maximum Gasteiger partial charge on any atom is 0.254 e. The molecule has 0 saturated carbocycles. The highest BCUT2D eigenvalue weighted by Gasteiger charge is 2.13. The number of hydrogen-bond acceptors (Lipinski definition) is 4. The zero-order valence-electron chi connectivity index (χ0n) is 18.5.